The molecule has 1 aliphatic heterocycles. The van der Waals surface area contributed by atoms with Crippen molar-refractivity contribution >= 4 is 5.82 Å². The minimum absolute atomic E-state index is 0.0666. The van der Waals surface area contributed by atoms with Gasteiger partial charge in [-0.25, -0.2) is 0 Å². The summed E-state index contributed by atoms with van der Waals surface area (Å²) in [5.41, 5.74) is 0.264. The predicted octanol–water partition coefficient (Wildman–Crippen LogP) is 0.921. The third kappa shape index (κ3) is 1.76. The van der Waals surface area contributed by atoms with E-state index in [1.54, 1.807) is 12.1 Å². The zero-order valence-corrected chi connectivity index (χ0v) is 8.77. The number of hydrogen-bond donors (Lipinski definition) is 0. The Kier molecular flexibility index (Phi) is 2.29. The van der Waals surface area contributed by atoms with Gasteiger partial charge in [0.15, 0.2) is 11.5 Å². The molecule has 0 spiro atoms. The SMILES string of the molecule is CC1(C)COCN1c1ccc(C#N)nn1. The molecule has 0 N–H and O–H groups in total. The summed E-state index contributed by atoms with van der Waals surface area (Å²) in [6, 6.07) is 5.40. The molecule has 0 bridgehead atoms. The molecule has 1 aromatic rings. The van der Waals surface area contributed by atoms with Crippen molar-refractivity contribution in [3.8, 4) is 6.07 Å². The molecule has 1 saturated heterocycles. The number of rotatable bonds is 1. The van der Waals surface area contributed by atoms with Crippen LogP contribution in [0.2, 0.25) is 0 Å². The minimum atomic E-state index is -0.0666. The summed E-state index contributed by atoms with van der Waals surface area (Å²) in [7, 11) is 0. The Balaban J connectivity index is 2.27. The topological polar surface area (TPSA) is 62.0 Å². The van der Waals surface area contributed by atoms with Gasteiger partial charge in [0.05, 0.1) is 12.1 Å². The van der Waals surface area contributed by atoms with Crippen LogP contribution < -0.4 is 4.90 Å². The van der Waals surface area contributed by atoms with Gasteiger partial charge >= 0.3 is 0 Å². The zero-order chi connectivity index (χ0) is 10.9. The summed E-state index contributed by atoms with van der Waals surface area (Å²) in [6.07, 6.45) is 0. The Labute approximate surface area is 88.3 Å². The van der Waals surface area contributed by atoms with Crippen LogP contribution in [0.25, 0.3) is 0 Å². The van der Waals surface area contributed by atoms with E-state index < -0.39 is 0 Å². The summed E-state index contributed by atoms with van der Waals surface area (Å²) in [5.74, 6) is 0.747. The Morgan fingerprint density at radius 2 is 2.27 bits per heavy atom. The van der Waals surface area contributed by atoms with Gasteiger partial charge in [-0.3, -0.25) is 0 Å². The van der Waals surface area contributed by atoms with Crippen molar-refractivity contribution in [1.29, 1.82) is 5.26 Å². The van der Waals surface area contributed by atoms with Crippen LogP contribution in [-0.4, -0.2) is 29.1 Å². The lowest BCUT2D eigenvalue weighted by atomic mass is 10.1. The first-order valence-electron chi connectivity index (χ1n) is 4.73. The van der Waals surface area contributed by atoms with Crippen LogP contribution >= 0.6 is 0 Å². The number of aromatic nitrogens is 2. The largest absolute Gasteiger partial charge is 0.359 e. The Hall–Kier alpha value is -1.67. The van der Waals surface area contributed by atoms with Crippen LogP contribution in [0.4, 0.5) is 5.82 Å². The highest BCUT2D eigenvalue weighted by atomic mass is 16.5. The van der Waals surface area contributed by atoms with Crippen LogP contribution in [0.5, 0.6) is 0 Å². The van der Waals surface area contributed by atoms with Crippen LogP contribution in [0.15, 0.2) is 12.1 Å². The average molecular weight is 204 g/mol. The summed E-state index contributed by atoms with van der Waals surface area (Å²) in [6.45, 7) is 5.36. The highest BCUT2D eigenvalue weighted by Crippen LogP contribution is 2.26. The van der Waals surface area contributed by atoms with E-state index >= 15 is 0 Å². The van der Waals surface area contributed by atoms with E-state index in [0.29, 0.717) is 19.0 Å². The molecular formula is C10H12N4O. The molecule has 78 valence electrons. The fourth-order valence-electron chi connectivity index (χ4n) is 1.54. The lowest BCUT2D eigenvalue weighted by Crippen LogP contribution is -2.40. The second-order valence-electron chi connectivity index (χ2n) is 4.11. The van der Waals surface area contributed by atoms with E-state index in [0.717, 1.165) is 5.82 Å². The maximum absolute atomic E-state index is 8.61. The van der Waals surface area contributed by atoms with Gasteiger partial charge in [0.25, 0.3) is 0 Å². The number of nitriles is 1. The Bertz CT molecular complexity index is 393. The van der Waals surface area contributed by atoms with Crippen LogP contribution in [0.1, 0.15) is 19.5 Å². The molecule has 0 saturated carbocycles. The first-order valence-corrected chi connectivity index (χ1v) is 4.73. The van der Waals surface area contributed by atoms with Crippen molar-refractivity contribution in [2.45, 2.75) is 19.4 Å². The molecule has 2 rings (SSSR count). The van der Waals surface area contributed by atoms with E-state index in [2.05, 4.69) is 24.0 Å². The third-order valence-electron chi connectivity index (χ3n) is 2.45. The van der Waals surface area contributed by atoms with Crippen LogP contribution in [-0.2, 0) is 4.74 Å². The molecule has 0 radical (unpaired) electrons. The summed E-state index contributed by atoms with van der Waals surface area (Å²) < 4.78 is 5.38. The predicted molar refractivity (Wildman–Crippen MR) is 54.1 cm³/mol. The molecule has 0 atom stereocenters. The van der Waals surface area contributed by atoms with Gasteiger partial charge in [0.2, 0.25) is 0 Å². The fourth-order valence-corrected chi connectivity index (χ4v) is 1.54. The number of ether oxygens (including phenoxy) is 1. The fraction of sp³-hybridized carbons (Fsp3) is 0.500. The van der Waals surface area contributed by atoms with Crippen LogP contribution in [0.3, 0.4) is 0 Å². The normalized spacial score (nSPS) is 18.9. The van der Waals surface area contributed by atoms with Crippen molar-refractivity contribution in [3.63, 3.8) is 0 Å². The summed E-state index contributed by atoms with van der Waals surface area (Å²) >= 11 is 0. The molecule has 0 aliphatic carbocycles. The standard InChI is InChI=1S/C10H12N4O/c1-10(2)6-15-7-14(10)9-4-3-8(5-11)12-13-9/h3-4H,6-7H2,1-2H3. The van der Waals surface area contributed by atoms with Crippen molar-refractivity contribution in [2.75, 3.05) is 18.2 Å². The lowest BCUT2D eigenvalue weighted by molar-refractivity contribution is 0.184. The lowest BCUT2D eigenvalue weighted by Gasteiger charge is -2.29. The van der Waals surface area contributed by atoms with Crippen molar-refractivity contribution in [1.82, 2.24) is 10.2 Å². The van der Waals surface area contributed by atoms with E-state index in [-0.39, 0.29) is 5.54 Å². The minimum Gasteiger partial charge on any atom is -0.359 e. The smallest absolute Gasteiger partial charge is 0.163 e. The molecule has 15 heavy (non-hydrogen) atoms. The Morgan fingerprint density at radius 1 is 1.47 bits per heavy atom. The van der Waals surface area contributed by atoms with Crippen molar-refractivity contribution in [2.24, 2.45) is 0 Å². The molecular weight excluding hydrogens is 192 g/mol. The first kappa shape index (κ1) is 9.87. The third-order valence-corrected chi connectivity index (χ3v) is 2.45. The van der Waals surface area contributed by atoms with Crippen LogP contribution in [0, 0.1) is 11.3 Å². The molecule has 5 heteroatoms. The monoisotopic (exact) mass is 204 g/mol. The first-order chi connectivity index (χ1) is 7.13. The van der Waals surface area contributed by atoms with Gasteiger partial charge in [0, 0.05) is 0 Å². The molecule has 0 unspecified atom stereocenters. The number of anilines is 1. The maximum Gasteiger partial charge on any atom is 0.163 e. The van der Waals surface area contributed by atoms with Gasteiger partial charge < -0.3 is 9.64 Å². The van der Waals surface area contributed by atoms with Gasteiger partial charge in [0.1, 0.15) is 12.8 Å². The molecule has 5 nitrogen and oxygen atoms in total. The highest BCUT2D eigenvalue weighted by molar-refractivity contribution is 5.42. The molecule has 1 aliphatic rings. The maximum atomic E-state index is 8.61. The Morgan fingerprint density at radius 3 is 2.73 bits per heavy atom. The molecule has 1 aromatic heterocycles. The van der Waals surface area contributed by atoms with E-state index in [1.165, 1.54) is 0 Å². The molecule has 1 fully saturated rings. The van der Waals surface area contributed by atoms with E-state index in [1.807, 2.05) is 11.0 Å². The van der Waals surface area contributed by atoms with Gasteiger partial charge in [-0.1, -0.05) is 0 Å². The highest BCUT2D eigenvalue weighted by Gasteiger charge is 2.34. The van der Waals surface area contributed by atoms with Gasteiger partial charge in [-0.2, -0.15) is 5.26 Å². The van der Waals surface area contributed by atoms with Gasteiger partial charge in [-0.15, -0.1) is 10.2 Å². The zero-order valence-electron chi connectivity index (χ0n) is 8.77. The van der Waals surface area contributed by atoms with E-state index in [4.69, 9.17) is 10.00 Å². The number of nitrogens with zero attached hydrogens (tertiary/aromatic N) is 4. The number of hydrogen-bond acceptors (Lipinski definition) is 5. The molecule has 2 heterocycles. The summed E-state index contributed by atoms with van der Waals surface area (Å²) in [5, 5.41) is 16.4. The van der Waals surface area contributed by atoms with E-state index in [9.17, 15) is 0 Å². The second kappa shape index (κ2) is 3.48. The second-order valence-corrected chi connectivity index (χ2v) is 4.11. The summed E-state index contributed by atoms with van der Waals surface area (Å²) in [4.78, 5) is 2.03. The molecule has 0 amide bonds. The van der Waals surface area contributed by atoms with Crippen molar-refractivity contribution in [3.05, 3.63) is 17.8 Å². The van der Waals surface area contributed by atoms with Crippen molar-refractivity contribution < 1.29 is 4.74 Å². The van der Waals surface area contributed by atoms with Gasteiger partial charge in [-0.05, 0) is 26.0 Å². The average Bonchev–Trinajstić information content (AvgIpc) is 2.58. The quantitative estimate of drug-likeness (QED) is 0.680. The molecule has 0 aromatic carbocycles.